The lowest BCUT2D eigenvalue weighted by molar-refractivity contribution is -0.138. The fraction of sp³-hybridized carbons (Fsp3) is 0.500. The van der Waals surface area contributed by atoms with E-state index in [1.165, 1.54) is 22.4 Å². The number of anilines is 1. The van der Waals surface area contributed by atoms with Crippen LogP contribution in [-0.2, 0) is 17.5 Å². The molecule has 240 valence electrons. The van der Waals surface area contributed by atoms with Crippen molar-refractivity contribution >= 4 is 34.4 Å². The van der Waals surface area contributed by atoms with Crippen molar-refractivity contribution in [3.63, 3.8) is 0 Å². The first-order valence-electron chi connectivity index (χ1n) is 15.1. The number of aromatic nitrogens is 3. The van der Waals surface area contributed by atoms with Crippen LogP contribution >= 0.6 is 11.8 Å². The second kappa shape index (κ2) is 11.7. The van der Waals surface area contributed by atoms with Crippen LogP contribution in [0.5, 0.6) is 0 Å². The third-order valence-electron chi connectivity index (χ3n) is 9.25. The maximum absolute atomic E-state index is 15.0. The average molecular weight is 648 g/mol. The summed E-state index contributed by atoms with van der Waals surface area (Å²) in [6.07, 6.45) is -3.08. The Labute approximate surface area is 261 Å². The molecule has 2 aromatic heterocycles. The summed E-state index contributed by atoms with van der Waals surface area (Å²) in [5.74, 6) is -3.75. The van der Waals surface area contributed by atoms with Crippen molar-refractivity contribution in [2.24, 2.45) is 0 Å². The number of pyridine rings is 1. The van der Waals surface area contributed by atoms with Crippen molar-refractivity contribution < 1.29 is 26.7 Å². The van der Waals surface area contributed by atoms with Crippen LogP contribution < -0.4 is 10.6 Å². The van der Waals surface area contributed by atoms with Crippen molar-refractivity contribution in [2.75, 3.05) is 23.7 Å². The van der Waals surface area contributed by atoms with Gasteiger partial charge in [0.1, 0.15) is 5.82 Å². The molecule has 3 aromatic rings. The number of rotatable bonds is 4. The van der Waals surface area contributed by atoms with Gasteiger partial charge in [-0.15, -0.1) is 11.8 Å². The van der Waals surface area contributed by atoms with Gasteiger partial charge in [-0.3, -0.25) is 14.3 Å². The van der Waals surface area contributed by atoms with E-state index in [4.69, 9.17) is 0 Å². The predicted octanol–water partition coefficient (Wildman–Crippen LogP) is 6.60. The van der Waals surface area contributed by atoms with Gasteiger partial charge in [-0.05, 0) is 62.4 Å². The number of carbonyl (C=O) groups excluding carboxylic acids is 1. The van der Waals surface area contributed by atoms with Crippen LogP contribution in [0.4, 0.5) is 27.8 Å². The van der Waals surface area contributed by atoms with Crippen LogP contribution in [0.15, 0.2) is 52.8 Å². The van der Waals surface area contributed by atoms with Crippen LogP contribution in [0.25, 0.3) is 10.9 Å². The van der Waals surface area contributed by atoms with Crippen molar-refractivity contribution in [1.82, 2.24) is 19.4 Å². The Morgan fingerprint density at radius 1 is 1.09 bits per heavy atom. The van der Waals surface area contributed by atoms with Gasteiger partial charge in [-0.25, -0.2) is 13.6 Å². The first kappa shape index (κ1) is 31.5. The highest BCUT2D eigenvalue weighted by Crippen LogP contribution is 2.52. The van der Waals surface area contributed by atoms with E-state index >= 15 is 0 Å². The minimum absolute atomic E-state index is 0.00870. The molecule has 0 spiro atoms. The van der Waals surface area contributed by atoms with E-state index in [1.807, 2.05) is 26.0 Å². The lowest BCUT2D eigenvalue weighted by Crippen LogP contribution is -2.58. The molecule has 0 bridgehead atoms. The SMILES string of the molecule is C=CC(=O)N1[C@H](C)CN(c2nc(=O)n3c4c(c(C5CCC(F)(F)CC5)c(C(F)(F)F)cc24)SCC(c2ccccn2)C3)C[C@@H]1C. The van der Waals surface area contributed by atoms with Crippen molar-refractivity contribution in [1.29, 1.82) is 0 Å². The summed E-state index contributed by atoms with van der Waals surface area (Å²) >= 11 is 1.23. The molecule has 0 radical (unpaired) electrons. The molecule has 0 N–H and O–H groups in total. The Bertz CT molecular complexity index is 1670. The third-order valence-corrected chi connectivity index (χ3v) is 10.5. The first-order valence-corrected chi connectivity index (χ1v) is 16.1. The van der Waals surface area contributed by atoms with E-state index in [9.17, 15) is 31.5 Å². The molecular weight excluding hydrogens is 613 g/mol. The van der Waals surface area contributed by atoms with Gasteiger partial charge in [0.05, 0.1) is 11.1 Å². The number of halogens is 5. The molecule has 1 saturated heterocycles. The molecule has 13 heteroatoms. The Morgan fingerprint density at radius 2 is 1.78 bits per heavy atom. The van der Waals surface area contributed by atoms with E-state index in [2.05, 4.69) is 16.5 Å². The molecule has 1 aliphatic carbocycles. The summed E-state index contributed by atoms with van der Waals surface area (Å²) < 4.78 is 74.8. The molecule has 2 aliphatic heterocycles. The van der Waals surface area contributed by atoms with Crippen molar-refractivity contribution in [3.05, 3.63) is 70.4 Å². The summed E-state index contributed by atoms with van der Waals surface area (Å²) in [7, 11) is 0. The number of alkyl halides is 5. The zero-order chi connectivity index (χ0) is 32.3. The highest BCUT2D eigenvalue weighted by atomic mass is 32.2. The second-order valence-electron chi connectivity index (χ2n) is 12.3. The second-order valence-corrected chi connectivity index (χ2v) is 13.4. The van der Waals surface area contributed by atoms with E-state index in [0.717, 1.165) is 6.07 Å². The largest absolute Gasteiger partial charge is 0.416 e. The normalized spacial score (nSPS) is 24.0. The van der Waals surface area contributed by atoms with E-state index < -0.39 is 42.1 Å². The first-order chi connectivity index (χ1) is 21.3. The van der Waals surface area contributed by atoms with Gasteiger partial charge in [0.15, 0.2) is 0 Å². The van der Waals surface area contributed by atoms with Crippen LogP contribution in [-0.4, -0.2) is 62.2 Å². The summed E-state index contributed by atoms with van der Waals surface area (Å²) in [6.45, 7) is 7.89. The fourth-order valence-electron chi connectivity index (χ4n) is 7.22. The maximum Gasteiger partial charge on any atom is 0.416 e. The number of amides is 1. The minimum atomic E-state index is -4.78. The van der Waals surface area contributed by atoms with Gasteiger partial charge in [-0.1, -0.05) is 12.6 Å². The molecule has 2 fully saturated rings. The van der Waals surface area contributed by atoms with Crippen LogP contribution in [0.1, 0.15) is 68.2 Å². The zero-order valence-corrected chi connectivity index (χ0v) is 25.8. The number of nitrogens with zero attached hydrogens (tertiary/aromatic N) is 5. The lowest BCUT2D eigenvalue weighted by Gasteiger charge is -2.44. The number of hydrogen-bond acceptors (Lipinski definition) is 6. The smallest absolute Gasteiger partial charge is 0.352 e. The monoisotopic (exact) mass is 647 g/mol. The van der Waals surface area contributed by atoms with Gasteiger partial charge < -0.3 is 9.80 Å². The number of piperazine rings is 1. The van der Waals surface area contributed by atoms with Gasteiger partial charge in [0, 0.05) is 78.4 Å². The molecule has 6 rings (SSSR count). The van der Waals surface area contributed by atoms with Crippen molar-refractivity contribution in [3.8, 4) is 0 Å². The molecule has 3 aliphatic rings. The van der Waals surface area contributed by atoms with E-state index in [0.29, 0.717) is 21.9 Å². The summed E-state index contributed by atoms with van der Waals surface area (Å²) in [5.41, 5.74) is -0.446. The van der Waals surface area contributed by atoms with Gasteiger partial charge in [0.2, 0.25) is 11.8 Å². The third kappa shape index (κ3) is 5.83. The number of thioether (sulfide) groups is 1. The summed E-state index contributed by atoms with van der Waals surface area (Å²) in [4.78, 5) is 39.0. The molecule has 4 heterocycles. The maximum atomic E-state index is 15.0. The molecular formula is C32H34F5N5O2S. The number of carbonyl (C=O) groups is 1. The minimum Gasteiger partial charge on any atom is -0.352 e. The lowest BCUT2D eigenvalue weighted by atomic mass is 9.80. The molecule has 1 aromatic carbocycles. The van der Waals surface area contributed by atoms with Crippen LogP contribution in [0.3, 0.4) is 0 Å². The predicted molar refractivity (Wildman–Crippen MR) is 163 cm³/mol. The van der Waals surface area contributed by atoms with Crippen LogP contribution in [0, 0.1) is 0 Å². The Hall–Kier alpha value is -3.48. The van der Waals surface area contributed by atoms with Gasteiger partial charge >= 0.3 is 11.9 Å². The summed E-state index contributed by atoms with van der Waals surface area (Å²) in [6, 6.07) is 5.81. The summed E-state index contributed by atoms with van der Waals surface area (Å²) in [5, 5.41) is 0.180. The molecule has 7 nitrogen and oxygen atoms in total. The Morgan fingerprint density at radius 3 is 2.38 bits per heavy atom. The quantitative estimate of drug-likeness (QED) is 0.235. The van der Waals surface area contributed by atoms with Crippen LogP contribution in [0.2, 0.25) is 0 Å². The zero-order valence-electron chi connectivity index (χ0n) is 25.0. The highest BCUT2D eigenvalue weighted by molar-refractivity contribution is 7.99. The Balaban J connectivity index is 1.58. The fourth-order valence-corrected chi connectivity index (χ4v) is 8.66. The highest BCUT2D eigenvalue weighted by Gasteiger charge is 2.44. The van der Waals surface area contributed by atoms with Crippen molar-refractivity contribution in [2.45, 2.75) is 87.0 Å². The van der Waals surface area contributed by atoms with E-state index in [-0.39, 0.29) is 73.2 Å². The van der Waals surface area contributed by atoms with E-state index in [1.54, 1.807) is 22.1 Å². The van der Waals surface area contributed by atoms with Gasteiger partial charge in [-0.2, -0.15) is 18.2 Å². The molecule has 45 heavy (non-hydrogen) atoms. The Kier molecular flexibility index (Phi) is 8.20. The number of hydrogen-bond donors (Lipinski definition) is 0. The molecule has 1 unspecified atom stereocenters. The van der Waals surface area contributed by atoms with Gasteiger partial charge in [0.25, 0.3) is 0 Å². The molecule has 3 atom stereocenters. The number of benzene rings is 1. The topological polar surface area (TPSA) is 71.3 Å². The molecule has 1 saturated carbocycles. The standard InChI is InChI=1S/C32H34F5N5O2S/c1-4-25(43)42-18(2)14-40(15-19(42)3)29-22-13-23(32(35,36)37)26(20-8-10-31(33,34)11-9-20)28-27(22)41(30(44)39-29)16-21(17-45-28)24-7-5-6-12-38-24/h4-7,12-13,18-21H,1,8-11,14-17H2,2-3H3/t18-,19+,21?. The molecule has 1 amide bonds. The average Bonchev–Trinajstić information content (AvgIpc) is 3.19.